The van der Waals surface area contributed by atoms with Crippen LogP contribution in [0, 0.1) is 0 Å². The Balaban J connectivity index is 1.54. The fourth-order valence-corrected chi connectivity index (χ4v) is 3.42. The average Bonchev–Trinajstić information content (AvgIpc) is 3.24. The quantitative estimate of drug-likeness (QED) is 0.909. The summed E-state index contributed by atoms with van der Waals surface area (Å²) in [6.07, 6.45) is 3.58. The highest BCUT2D eigenvalue weighted by Crippen LogP contribution is 2.28. The zero-order valence-electron chi connectivity index (χ0n) is 14.7. The summed E-state index contributed by atoms with van der Waals surface area (Å²) in [6, 6.07) is 9.86. The van der Waals surface area contributed by atoms with Gasteiger partial charge in [0.2, 0.25) is 0 Å². The second-order valence-electron chi connectivity index (χ2n) is 6.53. The van der Waals surface area contributed by atoms with Crippen LogP contribution in [0.5, 0.6) is 0 Å². The molecule has 2 aliphatic rings. The maximum Gasteiger partial charge on any atom is 0.272 e. The molecule has 1 amide bonds. The fourth-order valence-electron chi connectivity index (χ4n) is 3.42. The number of hydrogen-bond donors (Lipinski definition) is 1. The van der Waals surface area contributed by atoms with Crippen LogP contribution in [0.3, 0.4) is 0 Å². The highest BCUT2D eigenvalue weighted by molar-refractivity contribution is 5.93. The number of amides is 1. The molecular weight excluding hydrogens is 330 g/mol. The standard InChI is InChI=1S/C19H23N5O2/c25-19(24-7-3-4-8-24)16-13-18(21-14-20-16)22-15-5-1-2-6-17(15)23-9-11-26-12-10-23/h1-2,5-6,13-14H,3-4,7-12H2,(H,20,21,22). The third-order valence-electron chi connectivity index (χ3n) is 4.80. The van der Waals surface area contributed by atoms with Crippen LogP contribution in [0.4, 0.5) is 17.2 Å². The molecule has 1 aromatic heterocycles. The van der Waals surface area contributed by atoms with Crippen LogP contribution in [0.1, 0.15) is 23.3 Å². The number of benzene rings is 1. The van der Waals surface area contributed by atoms with Gasteiger partial charge in [0.05, 0.1) is 24.6 Å². The van der Waals surface area contributed by atoms with Crippen molar-refractivity contribution in [2.24, 2.45) is 0 Å². The molecule has 1 N–H and O–H groups in total. The first-order valence-corrected chi connectivity index (χ1v) is 9.11. The van der Waals surface area contributed by atoms with Gasteiger partial charge in [-0.25, -0.2) is 9.97 Å². The number of likely N-dealkylation sites (tertiary alicyclic amines) is 1. The Bertz CT molecular complexity index is 770. The number of morpholine rings is 1. The molecule has 26 heavy (non-hydrogen) atoms. The third-order valence-corrected chi connectivity index (χ3v) is 4.80. The number of aromatic nitrogens is 2. The van der Waals surface area contributed by atoms with Gasteiger partial charge in [-0.05, 0) is 25.0 Å². The predicted octanol–water partition coefficient (Wildman–Crippen LogP) is 2.29. The number of nitrogens with one attached hydrogen (secondary N) is 1. The van der Waals surface area contributed by atoms with Crippen molar-refractivity contribution in [1.82, 2.24) is 14.9 Å². The van der Waals surface area contributed by atoms with Gasteiger partial charge in [0.1, 0.15) is 17.8 Å². The molecule has 0 unspecified atom stereocenters. The second kappa shape index (κ2) is 7.70. The normalized spacial score (nSPS) is 17.4. The molecule has 2 saturated heterocycles. The number of nitrogens with zero attached hydrogens (tertiary/aromatic N) is 4. The van der Waals surface area contributed by atoms with Crippen molar-refractivity contribution in [2.75, 3.05) is 49.6 Å². The predicted molar refractivity (Wildman–Crippen MR) is 99.9 cm³/mol. The summed E-state index contributed by atoms with van der Waals surface area (Å²) in [5.41, 5.74) is 2.52. The van der Waals surface area contributed by atoms with Crippen molar-refractivity contribution in [2.45, 2.75) is 12.8 Å². The van der Waals surface area contributed by atoms with Crippen molar-refractivity contribution in [3.8, 4) is 0 Å². The van der Waals surface area contributed by atoms with Crippen molar-refractivity contribution in [1.29, 1.82) is 0 Å². The third kappa shape index (κ3) is 3.62. The van der Waals surface area contributed by atoms with E-state index in [-0.39, 0.29) is 5.91 Å². The molecule has 7 nitrogen and oxygen atoms in total. The number of ether oxygens (including phenoxy) is 1. The van der Waals surface area contributed by atoms with E-state index in [1.807, 2.05) is 23.1 Å². The summed E-state index contributed by atoms with van der Waals surface area (Å²) in [4.78, 5) is 25.2. The molecule has 2 fully saturated rings. The first-order valence-electron chi connectivity index (χ1n) is 9.11. The van der Waals surface area contributed by atoms with Gasteiger partial charge in [-0.15, -0.1) is 0 Å². The molecule has 7 heteroatoms. The first kappa shape index (κ1) is 16.8. The van der Waals surface area contributed by atoms with Gasteiger partial charge in [0.15, 0.2) is 0 Å². The molecule has 136 valence electrons. The molecule has 0 bridgehead atoms. The Morgan fingerprint density at radius 1 is 1.04 bits per heavy atom. The van der Waals surface area contributed by atoms with Gasteiger partial charge in [-0.3, -0.25) is 4.79 Å². The highest BCUT2D eigenvalue weighted by Gasteiger charge is 2.21. The topological polar surface area (TPSA) is 70.6 Å². The van der Waals surface area contributed by atoms with E-state index in [0.29, 0.717) is 11.5 Å². The minimum atomic E-state index is -0.0191. The minimum absolute atomic E-state index is 0.0191. The summed E-state index contributed by atoms with van der Waals surface area (Å²) < 4.78 is 5.45. The first-order chi connectivity index (χ1) is 12.8. The van der Waals surface area contributed by atoms with E-state index in [1.54, 1.807) is 6.07 Å². The van der Waals surface area contributed by atoms with Gasteiger partial charge in [-0.2, -0.15) is 0 Å². The van der Waals surface area contributed by atoms with Crippen molar-refractivity contribution in [3.05, 3.63) is 42.4 Å². The van der Waals surface area contributed by atoms with Crippen LogP contribution < -0.4 is 10.2 Å². The maximum atomic E-state index is 12.6. The smallest absolute Gasteiger partial charge is 0.272 e. The van der Waals surface area contributed by atoms with Crippen LogP contribution in [-0.2, 0) is 4.74 Å². The van der Waals surface area contributed by atoms with E-state index in [0.717, 1.165) is 63.6 Å². The van der Waals surface area contributed by atoms with E-state index in [1.165, 1.54) is 6.33 Å². The number of carbonyl (C=O) groups excluding carboxylic acids is 1. The minimum Gasteiger partial charge on any atom is -0.378 e. The van der Waals surface area contributed by atoms with Crippen LogP contribution in [0.2, 0.25) is 0 Å². The molecule has 0 radical (unpaired) electrons. The van der Waals surface area contributed by atoms with Gasteiger partial charge in [0.25, 0.3) is 5.91 Å². The summed E-state index contributed by atoms with van der Waals surface area (Å²) in [7, 11) is 0. The van der Waals surface area contributed by atoms with Gasteiger partial charge in [0, 0.05) is 32.2 Å². The Hall–Kier alpha value is -2.67. The SMILES string of the molecule is O=C(c1cc(Nc2ccccc2N2CCOCC2)ncn1)N1CCCC1. The zero-order valence-corrected chi connectivity index (χ0v) is 14.7. The Morgan fingerprint density at radius 3 is 2.62 bits per heavy atom. The molecule has 2 aliphatic heterocycles. The van der Waals surface area contributed by atoms with Crippen LogP contribution >= 0.6 is 0 Å². The molecule has 1 aromatic carbocycles. The van der Waals surface area contributed by atoms with E-state index >= 15 is 0 Å². The number of anilines is 3. The summed E-state index contributed by atoms with van der Waals surface area (Å²) in [6.45, 7) is 4.81. The van der Waals surface area contributed by atoms with Gasteiger partial charge < -0.3 is 19.9 Å². The summed E-state index contributed by atoms with van der Waals surface area (Å²) in [5, 5.41) is 3.35. The second-order valence-corrected chi connectivity index (χ2v) is 6.53. The van der Waals surface area contributed by atoms with Gasteiger partial charge in [-0.1, -0.05) is 12.1 Å². The lowest BCUT2D eigenvalue weighted by Gasteiger charge is -2.30. The monoisotopic (exact) mass is 353 g/mol. The molecular formula is C19H23N5O2. The average molecular weight is 353 g/mol. The highest BCUT2D eigenvalue weighted by atomic mass is 16.5. The number of rotatable bonds is 4. The molecule has 2 aromatic rings. The van der Waals surface area contributed by atoms with Gasteiger partial charge >= 0.3 is 0 Å². The number of hydrogen-bond acceptors (Lipinski definition) is 6. The number of carbonyl (C=O) groups is 1. The lowest BCUT2D eigenvalue weighted by atomic mass is 10.2. The lowest BCUT2D eigenvalue weighted by Crippen LogP contribution is -2.36. The number of para-hydroxylation sites is 2. The van der Waals surface area contributed by atoms with Crippen LogP contribution in [0.25, 0.3) is 0 Å². The summed E-state index contributed by atoms with van der Waals surface area (Å²) in [5.74, 6) is 0.609. The zero-order chi connectivity index (χ0) is 17.8. The maximum absolute atomic E-state index is 12.6. The molecule has 4 rings (SSSR count). The Morgan fingerprint density at radius 2 is 1.81 bits per heavy atom. The van der Waals surface area contributed by atoms with Crippen LogP contribution in [0.15, 0.2) is 36.7 Å². The fraction of sp³-hybridized carbons (Fsp3) is 0.421. The summed E-state index contributed by atoms with van der Waals surface area (Å²) >= 11 is 0. The van der Waals surface area contributed by atoms with Crippen molar-refractivity contribution >= 4 is 23.1 Å². The lowest BCUT2D eigenvalue weighted by molar-refractivity contribution is 0.0787. The van der Waals surface area contributed by atoms with Crippen molar-refractivity contribution < 1.29 is 9.53 Å². The molecule has 0 spiro atoms. The molecule has 0 atom stereocenters. The Labute approximate surface area is 153 Å². The molecule has 0 aliphatic carbocycles. The molecule has 3 heterocycles. The van der Waals surface area contributed by atoms with Crippen LogP contribution in [-0.4, -0.2) is 60.2 Å². The van der Waals surface area contributed by atoms with E-state index in [9.17, 15) is 4.79 Å². The van der Waals surface area contributed by atoms with E-state index < -0.39 is 0 Å². The Kier molecular flexibility index (Phi) is 4.97. The largest absolute Gasteiger partial charge is 0.378 e. The van der Waals surface area contributed by atoms with E-state index in [4.69, 9.17) is 4.74 Å². The molecule has 0 saturated carbocycles. The van der Waals surface area contributed by atoms with E-state index in [2.05, 4.69) is 26.3 Å². The van der Waals surface area contributed by atoms with Crippen molar-refractivity contribution in [3.63, 3.8) is 0 Å².